The van der Waals surface area contributed by atoms with Crippen molar-refractivity contribution in [2.24, 2.45) is 0 Å². The second kappa shape index (κ2) is 13.4. The number of allylic oxidation sites excluding steroid dienone is 1. The van der Waals surface area contributed by atoms with Crippen molar-refractivity contribution in [1.82, 2.24) is 10.8 Å². The van der Waals surface area contributed by atoms with E-state index in [0.29, 0.717) is 17.3 Å². The van der Waals surface area contributed by atoms with Gasteiger partial charge in [0.2, 0.25) is 0 Å². The van der Waals surface area contributed by atoms with E-state index in [2.05, 4.69) is 21.2 Å². The van der Waals surface area contributed by atoms with Gasteiger partial charge in [-0.15, -0.1) is 0 Å². The fourth-order valence-electron chi connectivity index (χ4n) is 3.02. The molecule has 3 amide bonds. The van der Waals surface area contributed by atoms with Crippen LogP contribution in [0.25, 0.3) is 0 Å². The van der Waals surface area contributed by atoms with Crippen molar-refractivity contribution in [3.8, 4) is 5.75 Å². The Balaban J connectivity index is 2.24. The molecule has 0 aliphatic carbocycles. The first-order valence-electron chi connectivity index (χ1n) is 10.1. The lowest BCUT2D eigenvalue weighted by atomic mass is 9.99. The predicted molar refractivity (Wildman–Crippen MR) is 123 cm³/mol. The number of carbonyl (C=O) groups is 3. The number of phenols is 1. The molecule has 2 atom stereocenters. The van der Waals surface area contributed by atoms with E-state index in [-0.39, 0.29) is 23.5 Å². The third-order valence-corrected chi connectivity index (χ3v) is 4.99. The summed E-state index contributed by atoms with van der Waals surface area (Å²) in [6.07, 6.45) is 0.542. The second-order valence-electron chi connectivity index (χ2n) is 6.80. The summed E-state index contributed by atoms with van der Waals surface area (Å²) in [6, 6.07) is 12.8. The topological polar surface area (TPSA) is 134 Å². The van der Waals surface area contributed by atoms with E-state index in [4.69, 9.17) is 14.7 Å². The Hall–Kier alpha value is -3.21. The highest BCUT2D eigenvalue weighted by atomic mass is 79.9. The highest BCUT2D eigenvalue weighted by Gasteiger charge is 2.30. The number of alkyl carbamates (subject to hydrolysis) is 1. The lowest BCUT2D eigenvalue weighted by Crippen LogP contribution is -2.35. The van der Waals surface area contributed by atoms with Crippen LogP contribution in [-0.4, -0.2) is 40.9 Å². The SMILES string of the molecule is CCO[C@@H](CC/C=C/C(=O)NO)[C@@H](OC(=O)NC(=O)c1ccccc1)c1cc(Br)ccc1O. The largest absolute Gasteiger partial charge is 0.508 e. The number of hydrogen-bond acceptors (Lipinski definition) is 7. The molecule has 4 N–H and O–H groups in total. The van der Waals surface area contributed by atoms with E-state index in [1.54, 1.807) is 49.4 Å². The van der Waals surface area contributed by atoms with E-state index in [1.807, 2.05) is 0 Å². The molecule has 0 aliphatic rings. The molecule has 0 heterocycles. The van der Waals surface area contributed by atoms with Crippen LogP contribution in [0.4, 0.5) is 4.79 Å². The van der Waals surface area contributed by atoms with Crippen molar-refractivity contribution in [1.29, 1.82) is 0 Å². The Morgan fingerprint density at radius 3 is 2.55 bits per heavy atom. The van der Waals surface area contributed by atoms with Gasteiger partial charge < -0.3 is 14.6 Å². The van der Waals surface area contributed by atoms with E-state index in [0.717, 1.165) is 6.08 Å². The number of ether oxygens (including phenoxy) is 2. The van der Waals surface area contributed by atoms with Crippen LogP contribution in [0.1, 0.15) is 41.8 Å². The van der Waals surface area contributed by atoms with E-state index >= 15 is 0 Å². The van der Waals surface area contributed by atoms with Crippen LogP contribution < -0.4 is 10.8 Å². The molecule has 33 heavy (non-hydrogen) atoms. The van der Waals surface area contributed by atoms with Crippen molar-refractivity contribution < 1.29 is 34.2 Å². The summed E-state index contributed by atoms with van der Waals surface area (Å²) in [4.78, 5) is 36.1. The van der Waals surface area contributed by atoms with Crippen molar-refractivity contribution in [2.45, 2.75) is 32.0 Å². The summed E-state index contributed by atoms with van der Waals surface area (Å²) in [5.74, 6) is -1.44. The zero-order chi connectivity index (χ0) is 24.2. The van der Waals surface area contributed by atoms with Crippen molar-refractivity contribution in [3.05, 3.63) is 76.3 Å². The van der Waals surface area contributed by atoms with Crippen LogP contribution in [0.2, 0.25) is 0 Å². The molecule has 0 aliphatic heterocycles. The molecule has 10 heteroatoms. The van der Waals surface area contributed by atoms with Crippen LogP contribution in [0.5, 0.6) is 5.75 Å². The fraction of sp³-hybridized carbons (Fsp3) is 0.261. The van der Waals surface area contributed by atoms with Gasteiger partial charge in [0.25, 0.3) is 11.8 Å². The van der Waals surface area contributed by atoms with Gasteiger partial charge in [-0.1, -0.05) is 40.2 Å². The minimum absolute atomic E-state index is 0.120. The lowest BCUT2D eigenvalue weighted by Gasteiger charge is -2.27. The van der Waals surface area contributed by atoms with Crippen molar-refractivity contribution in [3.63, 3.8) is 0 Å². The number of imide groups is 1. The lowest BCUT2D eigenvalue weighted by molar-refractivity contribution is -0.124. The maximum absolute atomic E-state index is 12.6. The quantitative estimate of drug-likeness (QED) is 0.211. The molecule has 2 aromatic carbocycles. The fourth-order valence-corrected chi connectivity index (χ4v) is 3.40. The highest BCUT2D eigenvalue weighted by Crippen LogP contribution is 2.35. The van der Waals surface area contributed by atoms with Crippen molar-refractivity contribution >= 4 is 33.8 Å². The van der Waals surface area contributed by atoms with Gasteiger partial charge in [0, 0.05) is 28.3 Å². The number of benzene rings is 2. The molecule has 2 rings (SSSR count). The molecule has 0 bridgehead atoms. The summed E-state index contributed by atoms with van der Waals surface area (Å²) >= 11 is 3.34. The monoisotopic (exact) mass is 520 g/mol. The zero-order valence-electron chi connectivity index (χ0n) is 17.9. The maximum Gasteiger partial charge on any atom is 0.414 e. The number of amides is 3. The van der Waals surface area contributed by atoms with Gasteiger partial charge in [0.15, 0.2) is 6.10 Å². The first kappa shape index (κ1) is 26.0. The molecule has 0 unspecified atom stereocenters. The number of rotatable bonds is 10. The van der Waals surface area contributed by atoms with Gasteiger partial charge in [0.05, 0.1) is 6.10 Å². The first-order valence-corrected chi connectivity index (χ1v) is 10.9. The Kier molecular flexibility index (Phi) is 10.5. The second-order valence-corrected chi connectivity index (χ2v) is 7.71. The summed E-state index contributed by atoms with van der Waals surface area (Å²) in [6.45, 7) is 2.05. The normalized spacial score (nSPS) is 12.7. The van der Waals surface area contributed by atoms with E-state index in [1.165, 1.54) is 17.6 Å². The zero-order valence-corrected chi connectivity index (χ0v) is 19.4. The van der Waals surface area contributed by atoms with Gasteiger partial charge in [-0.05, 0) is 50.1 Å². The molecule has 9 nitrogen and oxygen atoms in total. The standard InChI is InChI=1S/C23H25BrN2O7/c1-2-32-19(10-6-7-11-20(28)26-31)21(17-14-16(24)12-13-18(17)27)33-23(30)25-22(29)15-8-4-3-5-9-15/h3-5,7-9,11-14,19,21,27,31H,2,6,10H2,1H3,(H,26,28)(H,25,29,30)/b11-7+/t19-,21-/m0/s1. The summed E-state index contributed by atoms with van der Waals surface area (Å²) in [5, 5.41) is 21.2. The van der Waals surface area contributed by atoms with Crippen LogP contribution in [0, 0.1) is 0 Å². The number of hydroxylamine groups is 1. The molecule has 0 saturated heterocycles. The van der Waals surface area contributed by atoms with Crippen LogP contribution in [0.3, 0.4) is 0 Å². The molecule has 0 spiro atoms. The number of hydrogen-bond donors (Lipinski definition) is 4. The third kappa shape index (κ3) is 8.33. The molecule has 0 aromatic heterocycles. The molecule has 176 valence electrons. The number of carbonyl (C=O) groups excluding carboxylic acids is 3. The molecular weight excluding hydrogens is 496 g/mol. The molecule has 0 saturated carbocycles. The van der Waals surface area contributed by atoms with Crippen LogP contribution >= 0.6 is 15.9 Å². The first-order chi connectivity index (χ1) is 15.8. The number of phenolic OH excluding ortho intramolecular Hbond substituents is 1. The van der Waals surface area contributed by atoms with Crippen LogP contribution in [-0.2, 0) is 14.3 Å². The molecule has 0 radical (unpaired) electrons. The summed E-state index contributed by atoms with van der Waals surface area (Å²) in [7, 11) is 0. The minimum Gasteiger partial charge on any atom is -0.508 e. The number of halogens is 1. The third-order valence-electron chi connectivity index (χ3n) is 4.50. The summed E-state index contributed by atoms with van der Waals surface area (Å²) in [5.41, 5.74) is 2.06. The Morgan fingerprint density at radius 1 is 1.15 bits per heavy atom. The van der Waals surface area contributed by atoms with Gasteiger partial charge in [-0.25, -0.2) is 10.3 Å². The van der Waals surface area contributed by atoms with Gasteiger partial charge in [-0.3, -0.25) is 20.1 Å². The average Bonchev–Trinajstić information content (AvgIpc) is 2.81. The summed E-state index contributed by atoms with van der Waals surface area (Å²) < 4.78 is 12.0. The Morgan fingerprint density at radius 2 is 1.88 bits per heavy atom. The average molecular weight is 521 g/mol. The smallest absolute Gasteiger partial charge is 0.414 e. The molecule has 0 fully saturated rings. The highest BCUT2D eigenvalue weighted by molar-refractivity contribution is 9.10. The van der Waals surface area contributed by atoms with Gasteiger partial charge in [0.1, 0.15) is 5.75 Å². The Labute approximate surface area is 199 Å². The number of aromatic hydroxyl groups is 1. The minimum atomic E-state index is -1.06. The predicted octanol–water partition coefficient (Wildman–Crippen LogP) is 4.01. The molecular formula is C23H25BrN2O7. The van der Waals surface area contributed by atoms with Crippen LogP contribution in [0.15, 0.2) is 65.2 Å². The van der Waals surface area contributed by atoms with Crippen molar-refractivity contribution in [2.75, 3.05) is 6.61 Å². The van der Waals surface area contributed by atoms with E-state index < -0.39 is 30.1 Å². The molecule has 2 aromatic rings. The van der Waals surface area contributed by atoms with Gasteiger partial charge in [-0.2, -0.15) is 0 Å². The maximum atomic E-state index is 12.6. The van der Waals surface area contributed by atoms with E-state index in [9.17, 15) is 19.5 Å². The Bertz CT molecular complexity index is 982. The van der Waals surface area contributed by atoms with Gasteiger partial charge >= 0.3 is 6.09 Å². The number of nitrogens with one attached hydrogen (secondary N) is 2.